The van der Waals surface area contributed by atoms with Crippen molar-refractivity contribution in [2.45, 2.75) is 13.3 Å². The molecule has 8 nitrogen and oxygen atoms in total. The van der Waals surface area contributed by atoms with Gasteiger partial charge in [0.05, 0.1) is 26.5 Å². The van der Waals surface area contributed by atoms with E-state index in [1.165, 1.54) is 22.7 Å². The molecule has 174 valence electrons. The van der Waals surface area contributed by atoms with Crippen molar-refractivity contribution in [2.24, 2.45) is 0 Å². The Bertz CT molecular complexity index is 1120. The number of carbonyl (C=O) groups excluding carboxylic acids is 3. The Hall–Kier alpha value is -3.37. The maximum absolute atomic E-state index is 12.5. The molecule has 3 rings (SSSR count). The van der Waals surface area contributed by atoms with Crippen LogP contribution in [0.2, 0.25) is 0 Å². The molecule has 0 aliphatic carbocycles. The molecule has 0 aliphatic heterocycles. The zero-order valence-corrected chi connectivity index (χ0v) is 20.1. The smallest absolute Gasteiger partial charge is 0.350 e. The van der Waals surface area contributed by atoms with E-state index in [0.717, 1.165) is 10.4 Å². The minimum atomic E-state index is -0.518. The molecule has 0 bridgehead atoms. The van der Waals surface area contributed by atoms with E-state index in [0.29, 0.717) is 22.7 Å². The van der Waals surface area contributed by atoms with Crippen LogP contribution >= 0.6 is 22.7 Å². The number of hydrogen-bond donors (Lipinski definition) is 2. The predicted molar refractivity (Wildman–Crippen MR) is 129 cm³/mol. The number of ether oxygens (including phenoxy) is 3. The van der Waals surface area contributed by atoms with Crippen LogP contribution in [0.4, 0.5) is 5.69 Å². The van der Waals surface area contributed by atoms with Gasteiger partial charge in [0.1, 0.15) is 4.88 Å². The van der Waals surface area contributed by atoms with E-state index < -0.39 is 5.97 Å². The van der Waals surface area contributed by atoms with Crippen LogP contribution in [0.5, 0.6) is 11.5 Å². The lowest BCUT2D eigenvalue weighted by Crippen LogP contribution is -2.27. The van der Waals surface area contributed by atoms with Gasteiger partial charge < -0.3 is 24.8 Å². The van der Waals surface area contributed by atoms with Gasteiger partial charge in [0.15, 0.2) is 11.5 Å². The largest absolute Gasteiger partial charge is 0.493 e. The molecule has 3 aromatic rings. The molecular weight excluding hydrogens is 464 g/mol. The highest BCUT2D eigenvalue weighted by atomic mass is 32.1. The third-order valence-corrected chi connectivity index (χ3v) is 6.40. The number of benzene rings is 1. The summed E-state index contributed by atoms with van der Waals surface area (Å²) in [6, 6.07) is 8.85. The fourth-order valence-corrected chi connectivity index (χ4v) is 4.60. The van der Waals surface area contributed by atoms with Crippen LogP contribution in [0, 0.1) is 0 Å². The number of nitrogens with one attached hydrogen (secondary N) is 2. The fourth-order valence-electron chi connectivity index (χ4n) is 2.96. The van der Waals surface area contributed by atoms with Crippen molar-refractivity contribution in [3.05, 3.63) is 51.5 Å². The lowest BCUT2D eigenvalue weighted by molar-refractivity contribution is -0.116. The van der Waals surface area contributed by atoms with E-state index >= 15 is 0 Å². The first kappa shape index (κ1) is 24.3. The van der Waals surface area contributed by atoms with E-state index in [9.17, 15) is 14.4 Å². The van der Waals surface area contributed by atoms with Crippen LogP contribution in [-0.4, -0.2) is 45.2 Å². The minimum Gasteiger partial charge on any atom is -0.493 e. The molecule has 10 heteroatoms. The number of amides is 2. The molecule has 2 N–H and O–H groups in total. The topological polar surface area (TPSA) is 103 Å². The summed E-state index contributed by atoms with van der Waals surface area (Å²) in [5.74, 6) is 0.0510. The average molecular weight is 489 g/mol. The second kappa shape index (κ2) is 11.5. The Labute approximate surface area is 199 Å². The summed E-state index contributed by atoms with van der Waals surface area (Å²) < 4.78 is 15.8. The molecule has 0 saturated heterocycles. The van der Waals surface area contributed by atoms with Crippen molar-refractivity contribution >= 4 is 46.1 Å². The third-order valence-electron chi connectivity index (χ3n) is 4.56. The van der Waals surface area contributed by atoms with E-state index in [4.69, 9.17) is 14.2 Å². The van der Waals surface area contributed by atoms with E-state index in [1.807, 2.05) is 11.4 Å². The number of hydrogen-bond acceptors (Lipinski definition) is 8. The van der Waals surface area contributed by atoms with Crippen LogP contribution in [-0.2, 0) is 9.53 Å². The molecule has 2 heterocycles. The van der Waals surface area contributed by atoms with Crippen molar-refractivity contribution in [3.8, 4) is 21.9 Å². The van der Waals surface area contributed by atoms with Gasteiger partial charge in [-0.3, -0.25) is 9.59 Å². The number of esters is 1. The zero-order chi connectivity index (χ0) is 23.8. The highest BCUT2D eigenvalue weighted by Crippen LogP contribution is 2.39. The van der Waals surface area contributed by atoms with Crippen LogP contribution in [0.1, 0.15) is 33.4 Å². The molecule has 0 atom stereocenters. The quantitative estimate of drug-likeness (QED) is 0.409. The van der Waals surface area contributed by atoms with Gasteiger partial charge in [-0.15, -0.1) is 11.3 Å². The molecular formula is C23H24N2O6S2. The normalized spacial score (nSPS) is 10.4. The SMILES string of the molecule is CCOC(=O)c1sc(-c2ccc(OC)c(OC)c2)cc1NC(=O)CCNC(=O)c1ccsc1. The molecule has 0 fully saturated rings. The van der Waals surface area contributed by atoms with Crippen molar-refractivity contribution in [1.29, 1.82) is 0 Å². The summed E-state index contributed by atoms with van der Waals surface area (Å²) in [6.45, 7) is 2.10. The lowest BCUT2D eigenvalue weighted by atomic mass is 10.1. The van der Waals surface area contributed by atoms with Gasteiger partial charge in [0.25, 0.3) is 5.91 Å². The summed E-state index contributed by atoms with van der Waals surface area (Å²) in [4.78, 5) is 38.0. The van der Waals surface area contributed by atoms with Gasteiger partial charge in [0.2, 0.25) is 5.91 Å². The summed E-state index contributed by atoms with van der Waals surface area (Å²) in [5, 5.41) is 9.02. The van der Waals surface area contributed by atoms with E-state index in [-0.39, 0.29) is 36.3 Å². The first-order chi connectivity index (χ1) is 16.0. The fraction of sp³-hybridized carbons (Fsp3) is 0.261. The standard InChI is InChI=1S/C23H24N2O6S2/c1-4-31-23(28)21-16(25-20(26)7-9-24-22(27)15-8-10-32-13-15)12-19(33-21)14-5-6-17(29-2)18(11-14)30-3/h5-6,8,10-13H,4,7,9H2,1-3H3,(H,24,27)(H,25,26). The Morgan fingerprint density at radius 1 is 1.03 bits per heavy atom. The lowest BCUT2D eigenvalue weighted by Gasteiger charge is -2.08. The van der Waals surface area contributed by atoms with Gasteiger partial charge in [-0.2, -0.15) is 11.3 Å². The molecule has 0 radical (unpaired) electrons. The number of rotatable bonds is 10. The Kier molecular flexibility index (Phi) is 8.45. The van der Waals surface area contributed by atoms with Gasteiger partial charge in [-0.25, -0.2) is 4.79 Å². The van der Waals surface area contributed by atoms with E-state index in [1.54, 1.807) is 50.8 Å². The summed E-state index contributed by atoms with van der Waals surface area (Å²) in [6.07, 6.45) is 0.0552. The van der Waals surface area contributed by atoms with Crippen molar-refractivity contribution in [1.82, 2.24) is 5.32 Å². The van der Waals surface area contributed by atoms with Crippen molar-refractivity contribution in [2.75, 3.05) is 32.7 Å². The molecule has 0 unspecified atom stereocenters. The Morgan fingerprint density at radius 2 is 1.82 bits per heavy atom. The monoisotopic (exact) mass is 488 g/mol. The highest BCUT2D eigenvalue weighted by Gasteiger charge is 2.21. The maximum Gasteiger partial charge on any atom is 0.350 e. The molecule has 2 amide bonds. The highest BCUT2D eigenvalue weighted by molar-refractivity contribution is 7.18. The summed E-state index contributed by atoms with van der Waals surface area (Å²) in [7, 11) is 3.10. The van der Waals surface area contributed by atoms with Gasteiger partial charge in [-0.05, 0) is 48.2 Å². The first-order valence-electron chi connectivity index (χ1n) is 10.1. The minimum absolute atomic E-state index is 0.0552. The first-order valence-corrected chi connectivity index (χ1v) is 11.9. The number of anilines is 1. The second-order valence-electron chi connectivity index (χ2n) is 6.71. The molecule has 0 aliphatic rings. The Morgan fingerprint density at radius 3 is 2.48 bits per heavy atom. The van der Waals surface area contributed by atoms with Crippen LogP contribution in [0.15, 0.2) is 41.1 Å². The molecule has 0 spiro atoms. The summed E-state index contributed by atoms with van der Waals surface area (Å²) in [5.41, 5.74) is 1.71. The van der Waals surface area contributed by atoms with Gasteiger partial charge in [-0.1, -0.05) is 0 Å². The number of thiophene rings is 2. The average Bonchev–Trinajstić information content (AvgIpc) is 3.49. The molecule has 1 aromatic carbocycles. The third kappa shape index (κ3) is 6.11. The van der Waals surface area contributed by atoms with Gasteiger partial charge in [0, 0.05) is 28.8 Å². The van der Waals surface area contributed by atoms with Crippen molar-refractivity contribution < 1.29 is 28.6 Å². The molecule has 0 saturated carbocycles. The van der Waals surface area contributed by atoms with E-state index in [2.05, 4.69) is 10.6 Å². The predicted octanol–water partition coefficient (Wildman–Crippen LogP) is 4.43. The van der Waals surface area contributed by atoms with Crippen LogP contribution < -0.4 is 20.1 Å². The Balaban J connectivity index is 1.74. The maximum atomic E-state index is 12.5. The summed E-state index contributed by atoms with van der Waals surface area (Å²) >= 11 is 2.63. The number of methoxy groups -OCH3 is 2. The molecule has 2 aromatic heterocycles. The molecule has 33 heavy (non-hydrogen) atoms. The van der Waals surface area contributed by atoms with Crippen LogP contribution in [0.25, 0.3) is 10.4 Å². The van der Waals surface area contributed by atoms with Crippen LogP contribution in [0.3, 0.4) is 0 Å². The number of carbonyl (C=O) groups is 3. The van der Waals surface area contributed by atoms with Gasteiger partial charge >= 0.3 is 5.97 Å². The van der Waals surface area contributed by atoms with Crippen molar-refractivity contribution in [3.63, 3.8) is 0 Å². The zero-order valence-electron chi connectivity index (χ0n) is 18.4. The second-order valence-corrected chi connectivity index (χ2v) is 8.54.